The lowest BCUT2D eigenvalue weighted by Gasteiger charge is -2.36. The Morgan fingerprint density at radius 3 is 2.47 bits per heavy atom. The Hall–Kier alpha value is -0.340. The van der Waals surface area contributed by atoms with Gasteiger partial charge in [-0.25, -0.2) is 0 Å². The van der Waals surface area contributed by atoms with Gasteiger partial charge in [0, 0.05) is 13.2 Å². The van der Waals surface area contributed by atoms with Crippen LogP contribution in [0.4, 0.5) is 0 Å². The van der Waals surface area contributed by atoms with Crippen molar-refractivity contribution in [2.24, 2.45) is 5.92 Å². The first-order valence-electron chi connectivity index (χ1n) is 8.15. The molecule has 0 bridgehead atoms. The van der Waals surface area contributed by atoms with Crippen molar-refractivity contribution in [1.82, 2.24) is 5.32 Å². The number of hydrogen-bond donors (Lipinski definition) is 1. The van der Waals surface area contributed by atoms with Crippen LogP contribution in [0, 0.1) is 5.92 Å². The highest BCUT2D eigenvalue weighted by atomic mass is 16.5. The first-order chi connectivity index (χ1) is 9.22. The average Bonchev–Trinajstić information content (AvgIpc) is 2.46. The minimum Gasteiger partial charge on any atom is -0.380 e. The van der Waals surface area contributed by atoms with Gasteiger partial charge in [0.25, 0.3) is 0 Å². The Balaban J connectivity index is 2.63. The number of ether oxygens (including phenoxy) is 1. The van der Waals surface area contributed by atoms with E-state index in [1.54, 1.807) is 0 Å². The van der Waals surface area contributed by atoms with Gasteiger partial charge in [-0.1, -0.05) is 45.3 Å². The van der Waals surface area contributed by atoms with Crippen molar-refractivity contribution in [3.05, 3.63) is 12.2 Å². The van der Waals surface area contributed by atoms with Crippen molar-refractivity contribution in [2.75, 3.05) is 13.7 Å². The summed E-state index contributed by atoms with van der Waals surface area (Å²) in [6.07, 6.45) is 10.5. The summed E-state index contributed by atoms with van der Waals surface area (Å²) in [5.74, 6) is 0.734. The van der Waals surface area contributed by atoms with Gasteiger partial charge in [0.15, 0.2) is 0 Å². The minimum atomic E-state index is 0.357. The third kappa shape index (κ3) is 5.66. The normalized spacial score (nSPS) is 20.2. The molecule has 2 heteroatoms. The van der Waals surface area contributed by atoms with Crippen LogP contribution in [0.5, 0.6) is 0 Å². The van der Waals surface area contributed by atoms with Gasteiger partial charge in [0.1, 0.15) is 0 Å². The van der Waals surface area contributed by atoms with E-state index in [2.05, 4.69) is 25.7 Å². The fraction of sp³-hybridized carbons (Fsp3) is 0.882. The van der Waals surface area contributed by atoms with Crippen LogP contribution in [-0.2, 0) is 4.74 Å². The predicted molar refractivity (Wildman–Crippen MR) is 83.5 cm³/mol. The maximum Gasteiger partial charge on any atom is 0.0755 e. The van der Waals surface area contributed by atoms with E-state index in [1.807, 2.05) is 7.11 Å². The lowest BCUT2D eigenvalue weighted by Crippen LogP contribution is -2.46. The van der Waals surface area contributed by atoms with E-state index < -0.39 is 0 Å². The second kappa shape index (κ2) is 9.55. The lowest BCUT2D eigenvalue weighted by atomic mass is 9.81. The van der Waals surface area contributed by atoms with Crippen LogP contribution < -0.4 is 5.32 Å². The fourth-order valence-electron chi connectivity index (χ4n) is 3.24. The molecule has 2 nitrogen and oxygen atoms in total. The van der Waals surface area contributed by atoms with Crippen molar-refractivity contribution < 1.29 is 4.74 Å². The van der Waals surface area contributed by atoms with Gasteiger partial charge < -0.3 is 10.1 Å². The first kappa shape index (κ1) is 16.7. The number of methoxy groups -OCH3 is 1. The summed E-state index contributed by atoms with van der Waals surface area (Å²) in [6, 6.07) is 0.445. The summed E-state index contributed by atoms with van der Waals surface area (Å²) in [7, 11) is 1.88. The highest BCUT2D eigenvalue weighted by Crippen LogP contribution is 2.30. The number of hydrogen-bond acceptors (Lipinski definition) is 2. The average molecular weight is 267 g/mol. The summed E-state index contributed by atoms with van der Waals surface area (Å²) in [5.41, 5.74) is 1.34. The lowest BCUT2D eigenvalue weighted by molar-refractivity contribution is 0.00824. The fourth-order valence-corrected chi connectivity index (χ4v) is 3.24. The monoisotopic (exact) mass is 267 g/mol. The molecule has 0 spiro atoms. The Kier molecular flexibility index (Phi) is 8.40. The van der Waals surface area contributed by atoms with E-state index in [4.69, 9.17) is 4.74 Å². The molecule has 1 aliphatic rings. The molecule has 1 fully saturated rings. The molecule has 0 aromatic heterocycles. The number of rotatable bonds is 9. The quantitative estimate of drug-likeness (QED) is 0.629. The van der Waals surface area contributed by atoms with E-state index in [-0.39, 0.29) is 0 Å². The van der Waals surface area contributed by atoms with Crippen LogP contribution in [0.3, 0.4) is 0 Å². The molecule has 0 aromatic carbocycles. The van der Waals surface area contributed by atoms with E-state index in [1.165, 1.54) is 44.1 Å². The molecule has 0 aromatic rings. The SMILES string of the molecule is C=C(CC)CC(NCCC)C(OC)C1CCCCC1. The van der Waals surface area contributed by atoms with Gasteiger partial charge in [-0.05, 0) is 44.6 Å². The molecule has 0 saturated heterocycles. The van der Waals surface area contributed by atoms with E-state index in [9.17, 15) is 0 Å². The Morgan fingerprint density at radius 2 is 1.95 bits per heavy atom. The predicted octanol–water partition coefficient (Wildman–Crippen LogP) is 4.31. The summed E-state index contributed by atoms with van der Waals surface area (Å²) in [6.45, 7) is 9.68. The van der Waals surface area contributed by atoms with Crippen molar-refractivity contribution in [2.45, 2.75) is 77.4 Å². The van der Waals surface area contributed by atoms with Crippen molar-refractivity contribution in [3.63, 3.8) is 0 Å². The zero-order valence-electron chi connectivity index (χ0n) is 13.2. The van der Waals surface area contributed by atoms with Crippen molar-refractivity contribution in [1.29, 1.82) is 0 Å². The molecule has 19 heavy (non-hydrogen) atoms. The molecule has 1 saturated carbocycles. The van der Waals surface area contributed by atoms with E-state index in [0.29, 0.717) is 12.1 Å². The molecule has 0 aliphatic heterocycles. The summed E-state index contributed by atoms with van der Waals surface area (Å²) in [5, 5.41) is 3.70. The smallest absolute Gasteiger partial charge is 0.0755 e. The van der Waals surface area contributed by atoms with E-state index in [0.717, 1.165) is 25.3 Å². The molecule has 0 heterocycles. The van der Waals surface area contributed by atoms with Crippen LogP contribution in [0.1, 0.15) is 65.2 Å². The van der Waals surface area contributed by atoms with Gasteiger partial charge in [0.05, 0.1) is 6.10 Å². The van der Waals surface area contributed by atoms with Crippen LogP contribution in [0.25, 0.3) is 0 Å². The van der Waals surface area contributed by atoms with Gasteiger partial charge in [-0.15, -0.1) is 0 Å². The Morgan fingerprint density at radius 1 is 1.26 bits per heavy atom. The molecule has 0 amide bonds. The van der Waals surface area contributed by atoms with Crippen LogP contribution in [-0.4, -0.2) is 25.8 Å². The standard InChI is InChI=1S/C17H33NO/c1-5-12-18-16(13-14(3)6-2)17(19-4)15-10-8-7-9-11-15/h15-18H,3,5-13H2,1-2,4H3. The highest BCUT2D eigenvalue weighted by Gasteiger charge is 2.30. The molecule has 1 N–H and O–H groups in total. The maximum atomic E-state index is 5.89. The molecule has 1 aliphatic carbocycles. The summed E-state index contributed by atoms with van der Waals surface area (Å²) in [4.78, 5) is 0. The highest BCUT2D eigenvalue weighted by molar-refractivity contribution is 5.00. The summed E-state index contributed by atoms with van der Waals surface area (Å²) >= 11 is 0. The Labute approximate surface area is 120 Å². The minimum absolute atomic E-state index is 0.357. The van der Waals surface area contributed by atoms with Gasteiger partial charge in [-0.3, -0.25) is 0 Å². The molecular formula is C17H33NO. The number of nitrogens with one attached hydrogen (secondary N) is 1. The second-order valence-corrected chi connectivity index (χ2v) is 5.97. The largest absolute Gasteiger partial charge is 0.380 e. The molecule has 0 radical (unpaired) electrons. The van der Waals surface area contributed by atoms with Gasteiger partial charge >= 0.3 is 0 Å². The topological polar surface area (TPSA) is 21.3 Å². The van der Waals surface area contributed by atoms with E-state index >= 15 is 0 Å². The second-order valence-electron chi connectivity index (χ2n) is 5.97. The molecule has 2 atom stereocenters. The molecule has 1 rings (SSSR count). The van der Waals surface area contributed by atoms with Crippen LogP contribution in [0.15, 0.2) is 12.2 Å². The third-order valence-corrected chi connectivity index (χ3v) is 4.45. The van der Waals surface area contributed by atoms with Crippen LogP contribution in [0.2, 0.25) is 0 Å². The molecule has 112 valence electrons. The third-order valence-electron chi connectivity index (χ3n) is 4.45. The molecule has 2 unspecified atom stereocenters. The first-order valence-corrected chi connectivity index (χ1v) is 8.15. The van der Waals surface area contributed by atoms with Crippen LogP contribution >= 0.6 is 0 Å². The van der Waals surface area contributed by atoms with Gasteiger partial charge in [-0.2, -0.15) is 0 Å². The summed E-state index contributed by atoms with van der Waals surface area (Å²) < 4.78 is 5.89. The zero-order chi connectivity index (χ0) is 14.1. The van der Waals surface area contributed by atoms with Crippen molar-refractivity contribution >= 4 is 0 Å². The van der Waals surface area contributed by atoms with Crippen molar-refractivity contribution in [3.8, 4) is 0 Å². The zero-order valence-corrected chi connectivity index (χ0v) is 13.2. The molecular weight excluding hydrogens is 234 g/mol. The Bertz CT molecular complexity index is 246. The van der Waals surface area contributed by atoms with Gasteiger partial charge in [0.2, 0.25) is 0 Å². The maximum absolute atomic E-state index is 5.89.